The van der Waals surface area contributed by atoms with Gasteiger partial charge in [0.2, 0.25) is 15.9 Å². The quantitative estimate of drug-likeness (QED) is 0.649. The van der Waals surface area contributed by atoms with Gasteiger partial charge in [0.1, 0.15) is 11.5 Å². The van der Waals surface area contributed by atoms with Crippen molar-refractivity contribution in [3.05, 3.63) is 59.9 Å². The highest BCUT2D eigenvalue weighted by atomic mass is 32.2. The van der Waals surface area contributed by atoms with Crippen molar-refractivity contribution in [3.8, 4) is 11.4 Å². The maximum Gasteiger partial charge on any atom is 0.243 e. The van der Waals surface area contributed by atoms with E-state index >= 15 is 0 Å². The van der Waals surface area contributed by atoms with Crippen molar-refractivity contribution in [2.75, 3.05) is 18.4 Å². The number of nitrogens with one attached hydrogen (secondary N) is 1. The first kappa shape index (κ1) is 20.6. The van der Waals surface area contributed by atoms with Crippen molar-refractivity contribution in [3.63, 3.8) is 0 Å². The van der Waals surface area contributed by atoms with Gasteiger partial charge in [-0.05, 0) is 49.2 Å². The summed E-state index contributed by atoms with van der Waals surface area (Å²) in [5.41, 5.74) is 1.38. The second kappa shape index (κ2) is 8.58. The first-order valence-electron chi connectivity index (χ1n) is 9.37. The molecule has 1 fully saturated rings. The minimum Gasteiger partial charge on any atom is -0.302 e. The topological polar surface area (TPSA) is 92.3 Å². The van der Waals surface area contributed by atoms with Crippen molar-refractivity contribution in [1.82, 2.24) is 14.3 Å². The van der Waals surface area contributed by atoms with E-state index in [4.69, 9.17) is 0 Å². The van der Waals surface area contributed by atoms with Gasteiger partial charge in [-0.15, -0.1) is 11.3 Å². The fourth-order valence-corrected chi connectivity index (χ4v) is 5.53. The molecule has 4 rings (SSSR count). The van der Waals surface area contributed by atoms with Crippen LogP contribution < -0.4 is 5.32 Å². The molecule has 3 heterocycles. The summed E-state index contributed by atoms with van der Waals surface area (Å²) in [5, 5.41) is 5.04. The predicted octanol–water partition coefficient (Wildman–Crippen LogP) is 3.38. The largest absolute Gasteiger partial charge is 0.302 e. The number of benzene rings is 1. The fraction of sp³-hybridized carbons (Fsp3) is 0.250. The molecule has 1 saturated heterocycles. The van der Waals surface area contributed by atoms with Crippen LogP contribution in [0.25, 0.3) is 11.4 Å². The van der Waals surface area contributed by atoms with Gasteiger partial charge in [0.15, 0.2) is 5.13 Å². The Kier molecular flexibility index (Phi) is 5.89. The Morgan fingerprint density at radius 3 is 2.70 bits per heavy atom. The SMILES string of the molecule is O=C(Nc1nc(-c2ccccn2)cs1)[C@@H]1CCCN(S(=O)(=O)c2ccc(F)cc2)C1. The summed E-state index contributed by atoms with van der Waals surface area (Å²) in [7, 11) is -3.78. The number of sulfonamides is 1. The molecule has 10 heteroatoms. The van der Waals surface area contributed by atoms with E-state index in [1.807, 2.05) is 23.6 Å². The van der Waals surface area contributed by atoms with Gasteiger partial charge in [0, 0.05) is 24.7 Å². The van der Waals surface area contributed by atoms with Gasteiger partial charge in [0.05, 0.1) is 16.5 Å². The molecule has 0 spiro atoms. The van der Waals surface area contributed by atoms with Gasteiger partial charge in [-0.25, -0.2) is 17.8 Å². The summed E-state index contributed by atoms with van der Waals surface area (Å²) in [5.74, 6) is -1.26. The van der Waals surface area contributed by atoms with Crippen molar-refractivity contribution in [2.24, 2.45) is 5.92 Å². The molecule has 1 aliphatic heterocycles. The zero-order valence-electron chi connectivity index (χ0n) is 15.9. The molecule has 1 aliphatic rings. The van der Waals surface area contributed by atoms with Crippen LogP contribution in [0.15, 0.2) is 58.9 Å². The number of carbonyl (C=O) groups excluding carboxylic acids is 1. The van der Waals surface area contributed by atoms with Crippen LogP contribution in [0.1, 0.15) is 12.8 Å². The van der Waals surface area contributed by atoms with Crippen molar-refractivity contribution in [1.29, 1.82) is 0 Å². The summed E-state index contributed by atoms with van der Waals surface area (Å²) in [4.78, 5) is 21.4. The number of nitrogens with zero attached hydrogens (tertiary/aromatic N) is 3. The van der Waals surface area contributed by atoms with E-state index in [0.717, 1.165) is 12.1 Å². The molecule has 156 valence electrons. The van der Waals surface area contributed by atoms with Gasteiger partial charge < -0.3 is 5.32 Å². The number of amides is 1. The lowest BCUT2D eigenvalue weighted by Crippen LogP contribution is -2.43. The van der Waals surface area contributed by atoms with Crippen LogP contribution in [0.5, 0.6) is 0 Å². The lowest BCUT2D eigenvalue weighted by Gasteiger charge is -2.31. The third-order valence-electron chi connectivity index (χ3n) is 4.87. The number of anilines is 1. The Balaban J connectivity index is 1.44. The molecule has 0 aliphatic carbocycles. The molecular formula is C20H19FN4O3S2. The van der Waals surface area contributed by atoms with E-state index in [-0.39, 0.29) is 17.3 Å². The number of carbonyl (C=O) groups is 1. The maximum absolute atomic E-state index is 13.1. The second-order valence-corrected chi connectivity index (χ2v) is 9.69. The molecule has 1 amide bonds. The highest BCUT2D eigenvalue weighted by Crippen LogP contribution is 2.27. The third-order valence-corrected chi connectivity index (χ3v) is 7.51. The zero-order valence-corrected chi connectivity index (χ0v) is 17.5. The molecule has 0 unspecified atom stereocenters. The first-order valence-corrected chi connectivity index (χ1v) is 11.7. The van der Waals surface area contributed by atoms with Crippen LogP contribution >= 0.6 is 11.3 Å². The van der Waals surface area contributed by atoms with Crippen LogP contribution in [-0.4, -0.2) is 41.7 Å². The minimum absolute atomic E-state index is 0.0184. The van der Waals surface area contributed by atoms with Crippen molar-refractivity contribution in [2.45, 2.75) is 17.7 Å². The van der Waals surface area contributed by atoms with Crippen molar-refractivity contribution >= 4 is 32.4 Å². The molecule has 30 heavy (non-hydrogen) atoms. The average molecular weight is 447 g/mol. The highest BCUT2D eigenvalue weighted by molar-refractivity contribution is 7.89. The van der Waals surface area contributed by atoms with Crippen LogP contribution in [-0.2, 0) is 14.8 Å². The number of piperidine rings is 1. The van der Waals surface area contributed by atoms with Gasteiger partial charge >= 0.3 is 0 Å². The Labute approximate surface area is 177 Å². The monoisotopic (exact) mass is 446 g/mol. The van der Waals surface area contributed by atoms with Crippen LogP contribution in [0.4, 0.5) is 9.52 Å². The zero-order chi connectivity index (χ0) is 21.1. The lowest BCUT2D eigenvalue weighted by molar-refractivity contribution is -0.120. The standard InChI is InChI=1S/C20H19FN4O3S2/c21-15-6-8-16(9-7-15)30(27,28)25-11-3-4-14(12-25)19(26)24-20-23-18(13-29-20)17-5-1-2-10-22-17/h1-2,5-10,13-14H,3-4,11-12H2,(H,23,24,26)/t14-/m1/s1. The molecular weight excluding hydrogens is 427 g/mol. The summed E-state index contributed by atoms with van der Waals surface area (Å²) in [6, 6.07) is 10.2. The smallest absolute Gasteiger partial charge is 0.243 e. The molecule has 3 aromatic rings. The number of thiazole rings is 1. The van der Waals surface area contributed by atoms with E-state index in [0.29, 0.717) is 35.9 Å². The average Bonchev–Trinajstić information content (AvgIpc) is 3.23. The number of pyridine rings is 1. The predicted molar refractivity (Wildman–Crippen MR) is 112 cm³/mol. The Morgan fingerprint density at radius 1 is 1.17 bits per heavy atom. The molecule has 0 saturated carbocycles. The molecule has 2 aromatic heterocycles. The van der Waals surface area contributed by atoms with Gasteiger partial charge in [0.25, 0.3) is 0 Å². The normalized spacial score (nSPS) is 17.6. The summed E-state index contributed by atoms with van der Waals surface area (Å²) < 4.78 is 40.1. The second-order valence-electron chi connectivity index (χ2n) is 6.90. The number of aromatic nitrogens is 2. The Bertz CT molecular complexity index is 1130. The van der Waals surface area contributed by atoms with E-state index in [1.54, 1.807) is 6.20 Å². The molecule has 0 radical (unpaired) electrons. The number of hydrogen-bond donors (Lipinski definition) is 1. The molecule has 7 nitrogen and oxygen atoms in total. The maximum atomic E-state index is 13.1. The molecule has 1 atom stereocenters. The van der Waals surface area contributed by atoms with Crippen LogP contribution in [0.3, 0.4) is 0 Å². The fourth-order valence-electron chi connectivity index (χ4n) is 3.30. The molecule has 0 bridgehead atoms. The van der Waals surface area contributed by atoms with Crippen molar-refractivity contribution < 1.29 is 17.6 Å². The van der Waals surface area contributed by atoms with Gasteiger partial charge in [-0.3, -0.25) is 9.78 Å². The highest BCUT2D eigenvalue weighted by Gasteiger charge is 2.33. The Hall–Kier alpha value is -2.69. The summed E-state index contributed by atoms with van der Waals surface area (Å²) >= 11 is 1.29. The van der Waals surface area contributed by atoms with E-state index in [2.05, 4.69) is 15.3 Å². The van der Waals surface area contributed by atoms with Gasteiger partial charge in [-0.1, -0.05) is 6.07 Å². The number of rotatable bonds is 5. The van der Waals surface area contributed by atoms with E-state index in [1.165, 1.54) is 27.8 Å². The summed E-state index contributed by atoms with van der Waals surface area (Å²) in [6.45, 7) is 0.397. The third kappa shape index (κ3) is 4.40. The number of halogens is 1. The van der Waals surface area contributed by atoms with E-state index < -0.39 is 21.8 Å². The van der Waals surface area contributed by atoms with E-state index in [9.17, 15) is 17.6 Å². The number of hydrogen-bond acceptors (Lipinski definition) is 6. The minimum atomic E-state index is -3.78. The lowest BCUT2D eigenvalue weighted by atomic mass is 9.99. The first-order chi connectivity index (χ1) is 14.4. The van der Waals surface area contributed by atoms with Gasteiger partial charge in [-0.2, -0.15) is 4.31 Å². The van der Waals surface area contributed by atoms with Crippen LogP contribution in [0, 0.1) is 11.7 Å². The molecule has 1 aromatic carbocycles. The molecule has 1 N–H and O–H groups in total. The summed E-state index contributed by atoms with van der Waals surface area (Å²) in [6.07, 6.45) is 2.82. The van der Waals surface area contributed by atoms with Crippen LogP contribution in [0.2, 0.25) is 0 Å². The Morgan fingerprint density at radius 2 is 1.97 bits per heavy atom.